The van der Waals surface area contributed by atoms with E-state index in [4.69, 9.17) is 9.84 Å². The molecule has 2 N–H and O–H groups in total. The van der Waals surface area contributed by atoms with Crippen LogP contribution in [0.2, 0.25) is 0 Å². The lowest BCUT2D eigenvalue weighted by molar-refractivity contribution is -0.384. The van der Waals surface area contributed by atoms with Gasteiger partial charge in [0.15, 0.2) is 0 Å². The molecule has 21 heavy (non-hydrogen) atoms. The van der Waals surface area contributed by atoms with E-state index in [1.54, 1.807) is 12.1 Å². The highest BCUT2D eigenvalue weighted by Gasteiger charge is 2.16. The lowest BCUT2D eigenvalue weighted by atomic mass is 9.88. The Bertz CT molecular complexity index is 432. The Hall–Kier alpha value is -1.66. The highest BCUT2D eigenvalue weighted by atomic mass is 16.6. The molecule has 6 nitrogen and oxygen atoms in total. The Morgan fingerprint density at radius 3 is 2.57 bits per heavy atom. The molecule has 1 aromatic rings. The van der Waals surface area contributed by atoms with Gasteiger partial charge in [0.2, 0.25) is 0 Å². The van der Waals surface area contributed by atoms with E-state index in [0.717, 1.165) is 19.4 Å². The van der Waals surface area contributed by atoms with Crippen molar-refractivity contribution in [3.05, 3.63) is 34.4 Å². The fourth-order valence-corrected chi connectivity index (χ4v) is 1.98. The van der Waals surface area contributed by atoms with Crippen molar-refractivity contribution >= 4 is 5.69 Å². The molecule has 118 valence electrons. The Labute approximate surface area is 125 Å². The molecule has 0 saturated carbocycles. The van der Waals surface area contributed by atoms with E-state index in [2.05, 4.69) is 19.2 Å². The van der Waals surface area contributed by atoms with Crippen LogP contribution in [0.1, 0.15) is 26.7 Å². The fourth-order valence-electron chi connectivity index (χ4n) is 1.98. The Morgan fingerprint density at radius 2 is 2.00 bits per heavy atom. The van der Waals surface area contributed by atoms with Gasteiger partial charge in [-0.1, -0.05) is 13.8 Å². The van der Waals surface area contributed by atoms with E-state index in [9.17, 15) is 10.1 Å². The fraction of sp³-hybridized carbons (Fsp3) is 0.600. The van der Waals surface area contributed by atoms with E-state index in [0.29, 0.717) is 18.9 Å². The van der Waals surface area contributed by atoms with Crippen LogP contribution in [0.3, 0.4) is 0 Å². The van der Waals surface area contributed by atoms with Gasteiger partial charge in [0.25, 0.3) is 5.69 Å². The Morgan fingerprint density at radius 1 is 1.33 bits per heavy atom. The van der Waals surface area contributed by atoms with E-state index < -0.39 is 4.92 Å². The number of hydrogen-bond donors (Lipinski definition) is 2. The second kappa shape index (κ2) is 8.59. The lowest BCUT2D eigenvalue weighted by Crippen LogP contribution is -2.32. The third kappa shape index (κ3) is 7.06. The van der Waals surface area contributed by atoms with Crippen LogP contribution in [0.15, 0.2) is 24.3 Å². The number of nitro groups is 1. The molecule has 1 rings (SSSR count). The first-order valence-corrected chi connectivity index (χ1v) is 7.13. The van der Waals surface area contributed by atoms with Gasteiger partial charge in [0.1, 0.15) is 12.4 Å². The van der Waals surface area contributed by atoms with Crippen molar-refractivity contribution < 1.29 is 14.8 Å². The van der Waals surface area contributed by atoms with E-state index in [1.165, 1.54) is 12.1 Å². The van der Waals surface area contributed by atoms with Crippen LogP contribution in [0.5, 0.6) is 5.75 Å². The first kappa shape index (κ1) is 17.4. The summed E-state index contributed by atoms with van der Waals surface area (Å²) in [6, 6.07) is 6.06. The summed E-state index contributed by atoms with van der Waals surface area (Å²) in [4.78, 5) is 10.1. The zero-order valence-corrected chi connectivity index (χ0v) is 12.7. The zero-order chi connectivity index (χ0) is 15.7. The standard InChI is InChI=1S/C15H24N2O4/c1-15(2,8-3-10-18)12-16-9-11-21-14-6-4-13(5-7-14)17(19)20/h4-7,16,18H,3,8-12H2,1-2H3. The summed E-state index contributed by atoms with van der Waals surface area (Å²) in [5.41, 5.74) is 0.210. The first-order chi connectivity index (χ1) is 9.94. The average Bonchev–Trinajstić information content (AvgIpc) is 2.45. The van der Waals surface area contributed by atoms with Gasteiger partial charge in [-0.3, -0.25) is 10.1 Å². The van der Waals surface area contributed by atoms with Crippen LogP contribution in [0.25, 0.3) is 0 Å². The molecule has 0 aliphatic carbocycles. The minimum absolute atomic E-state index is 0.0612. The van der Waals surface area contributed by atoms with Crippen LogP contribution < -0.4 is 10.1 Å². The van der Waals surface area contributed by atoms with Crippen LogP contribution in [0.4, 0.5) is 5.69 Å². The van der Waals surface area contributed by atoms with Crippen molar-refractivity contribution in [3.8, 4) is 5.75 Å². The number of hydrogen-bond acceptors (Lipinski definition) is 5. The summed E-state index contributed by atoms with van der Waals surface area (Å²) in [6.45, 7) is 6.62. The van der Waals surface area contributed by atoms with Gasteiger partial charge in [-0.25, -0.2) is 0 Å². The largest absolute Gasteiger partial charge is 0.492 e. The summed E-state index contributed by atoms with van der Waals surface area (Å²) in [5.74, 6) is 0.627. The molecule has 6 heteroatoms. The molecule has 0 radical (unpaired) electrons. The number of benzene rings is 1. The van der Waals surface area contributed by atoms with Gasteiger partial charge >= 0.3 is 0 Å². The summed E-state index contributed by atoms with van der Waals surface area (Å²) in [5, 5.41) is 22.7. The predicted molar refractivity (Wildman–Crippen MR) is 81.6 cm³/mol. The second-order valence-corrected chi connectivity index (χ2v) is 5.77. The van der Waals surface area contributed by atoms with E-state index in [-0.39, 0.29) is 17.7 Å². The van der Waals surface area contributed by atoms with Crippen molar-refractivity contribution in [3.63, 3.8) is 0 Å². The number of nitrogens with zero attached hydrogens (tertiary/aromatic N) is 1. The molecule has 0 aromatic heterocycles. The third-order valence-corrected chi connectivity index (χ3v) is 3.21. The third-order valence-electron chi connectivity index (χ3n) is 3.21. The maximum absolute atomic E-state index is 10.5. The molecule has 0 aliphatic rings. The number of nitro benzene ring substituents is 1. The first-order valence-electron chi connectivity index (χ1n) is 7.13. The number of rotatable bonds is 10. The van der Waals surface area contributed by atoms with Gasteiger partial charge < -0.3 is 15.2 Å². The molecule has 1 aromatic carbocycles. The minimum atomic E-state index is -0.431. The number of ether oxygens (including phenoxy) is 1. The molecule has 0 unspecified atom stereocenters. The number of aliphatic hydroxyl groups excluding tert-OH is 1. The molecule has 0 fully saturated rings. The molecular weight excluding hydrogens is 272 g/mol. The minimum Gasteiger partial charge on any atom is -0.492 e. The SMILES string of the molecule is CC(C)(CCCO)CNCCOc1ccc([N+](=O)[O-])cc1. The molecule has 0 saturated heterocycles. The highest BCUT2D eigenvalue weighted by Crippen LogP contribution is 2.20. The molecular formula is C15H24N2O4. The smallest absolute Gasteiger partial charge is 0.269 e. The zero-order valence-electron chi connectivity index (χ0n) is 12.7. The summed E-state index contributed by atoms with van der Waals surface area (Å²) < 4.78 is 5.51. The van der Waals surface area contributed by atoms with Crippen molar-refractivity contribution in [2.45, 2.75) is 26.7 Å². The summed E-state index contributed by atoms with van der Waals surface area (Å²) >= 11 is 0. The predicted octanol–water partition coefficient (Wildman–Crippen LogP) is 2.36. The Kier molecular flexibility index (Phi) is 7.11. The molecule has 0 bridgehead atoms. The molecule has 0 atom stereocenters. The summed E-state index contributed by atoms with van der Waals surface area (Å²) in [6.07, 6.45) is 1.79. The van der Waals surface area contributed by atoms with E-state index >= 15 is 0 Å². The summed E-state index contributed by atoms with van der Waals surface area (Å²) in [7, 11) is 0. The van der Waals surface area contributed by atoms with Crippen molar-refractivity contribution in [1.82, 2.24) is 5.32 Å². The van der Waals surface area contributed by atoms with Crippen molar-refractivity contribution in [2.24, 2.45) is 5.41 Å². The topological polar surface area (TPSA) is 84.6 Å². The Balaban J connectivity index is 2.20. The van der Waals surface area contributed by atoms with Crippen LogP contribution in [-0.4, -0.2) is 36.3 Å². The molecule has 0 heterocycles. The van der Waals surface area contributed by atoms with E-state index in [1.807, 2.05) is 0 Å². The monoisotopic (exact) mass is 296 g/mol. The maximum Gasteiger partial charge on any atom is 0.269 e. The number of nitrogens with one attached hydrogen (secondary N) is 1. The molecule has 0 spiro atoms. The van der Waals surface area contributed by atoms with Crippen LogP contribution in [0, 0.1) is 15.5 Å². The van der Waals surface area contributed by atoms with Gasteiger partial charge in [0.05, 0.1) is 4.92 Å². The molecule has 0 amide bonds. The highest BCUT2D eigenvalue weighted by molar-refractivity contribution is 5.35. The maximum atomic E-state index is 10.5. The number of non-ortho nitro benzene ring substituents is 1. The normalized spacial score (nSPS) is 11.4. The van der Waals surface area contributed by atoms with Gasteiger partial charge in [-0.2, -0.15) is 0 Å². The second-order valence-electron chi connectivity index (χ2n) is 5.77. The molecule has 0 aliphatic heterocycles. The van der Waals surface area contributed by atoms with Crippen molar-refractivity contribution in [1.29, 1.82) is 0 Å². The van der Waals surface area contributed by atoms with Crippen LogP contribution in [-0.2, 0) is 0 Å². The van der Waals surface area contributed by atoms with Gasteiger partial charge in [-0.15, -0.1) is 0 Å². The quantitative estimate of drug-likeness (QED) is 0.393. The van der Waals surface area contributed by atoms with Crippen LogP contribution >= 0.6 is 0 Å². The van der Waals surface area contributed by atoms with Gasteiger partial charge in [-0.05, 0) is 30.4 Å². The van der Waals surface area contributed by atoms with Gasteiger partial charge in [0, 0.05) is 31.8 Å². The average molecular weight is 296 g/mol. The lowest BCUT2D eigenvalue weighted by Gasteiger charge is -2.24. The van der Waals surface area contributed by atoms with Crippen molar-refractivity contribution in [2.75, 3.05) is 26.3 Å². The number of aliphatic hydroxyl groups is 1.